The minimum atomic E-state index is -0.280. The van der Waals surface area contributed by atoms with Gasteiger partial charge in [0, 0.05) is 12.1 Å². The van der Waals surface area contributed by atoms with Gasteiger partial charge in [0.2, 0.25) is 5.91 Å². The molecule has 1 unspecified atom stereocenters. The molecule has 0 bridgehead atoms. The number of nitrogens with zero attached hydrogens (tertiary/aromatic N) is 1. The Morgan fingerprint density at radius 1 is 1.14 bits per heavy atom. The minimum Gasteiger partial charge on any atom is -0.349 e. The van der Waals surface area contributed by atoms with Crippen LogP contribution in [0.2, 0.25) is 0 Å². The van der Waals surface area contributed by atoms with Gasteiger partial charge in [-0.25, -0.2) is 4.39 Å². The number of benzene rings is 2. The lowest BCUT2D eigenvalue weighted by Crippen LogP contribution is -2.35. The number of amides is 2. The zero-order valence-electron chi connectivity index (χ0n) is 16.2. The summed E-state index contributed by atoms with van der Waals surface area (Å²) in [4.78, 5) is 27.0. The summed E-state index contributed by atoms with van der Waals surface area (Å²) in [6, 6.07) is 13.6. The molecule has 0 heterocycles. The summed E-state index contributed by atoms with van der Waals surface area (Å²) >= 11 is 0. The van der Waals surface area contributed by atoms with Gasteiger partial charge in [-0.15, -0.1) is 0 Å². The van der Waals surface area contributed by atoms with Gasteiger partial charge in [0.1, 0.15) is 5.82 Å². The molecule has 2 aromatic carbocycles. The highest BCUT2D eigenvalue weighted by atomic mass is 19.1. The number of rotatable bonds is 8. The molecule has 0 spiro atoms. The third-order valence-electron chi connectivity index (χ3n) is 5.01. The highest BCUT2D eigenvalue weighted by Crippen LogP contribution is 2.23. The lowest BCUT2D eigenvalue weighted by atomic mass is 10.1. The van der Waals surface area contributed by atoms with E-state index in [4.69, 9.17) is 0 Å². The van der Waals surface area contributed by atoms with Gasteiger partial charge in [0.05, 0.1) is 17.8 Å². The van der Waals surface area contributed by atoms with E-state index >= 15 is 0 Å². The first kappa shape index (κ1) is 20.0. The molecule has 2 amide bonds. The molecule has 0 aromatic heterocycles. The number of anilines is 1. The highest BCUT2D eigenvalue weighted by molar-refractivity contribution is 6.04. The molecule has 1 aliphatic rings. The SMILES string of the molecule is CCN(CC(=O)Nc1ccccc1C(=O)NC1CC1)C(C)c1ccc(F)cc1. The van der Waals surface area contributed by atoms with Crippen molar-refractivity contribution in [3.8, 4) is 0 Å². The normalized spacial score (nSPS) is 14.6. The molecule has 1 atom stereocenters. The maximum Gasteiger partial charge on any atom is 0.253 e. The van der Waals surface area contributed by atoms with E-state index in [1.54, 1.807) is 36.4 Å². The van der Waals surface area contributed by atoms with Crippen LogP contribution in [-0.2, 0) is 4.79 Å². The summed E-state index contributed by atoms with van der Waals surface area (Å²) in [6.07, 6.45) is 2.01. The average molecular weight is 383 g/mol. The van der Waals surface area contributed by atoms with Crippen molar-refractivity contribution in [3.63, 3.8) is 0 Å². The summed E-state index contributed by atoms with van der Waals surface area (Å²) in [5, 5.41) is 5.81. The Kier molecular flexibility index (Phi) is 6.41. The van der Waals surface area contributed by atoms with Crippen molar-refractivity contribution in [3.05, 3.63) is 65.5 Å². The molecule has 1 aliphatic carbocycles. The molecule has 148 valence electrons. The van der Waals surface area contributed by atoms with E-state index in [1.165, 1.54) is 12.1 Å². The Morgan fingerprint density at radius 2 is 1.82 bits per heavy atom. The zero-order chi connectivity index (χ0) is 20.1. The number of para-hydroxylation sites is 1. The summed E-state index contributed by atoms with van der Waals surface area (Å²) in [5.74, 6) is -0.634. The fourth-order valence-corrected chi connectivity index (χ4v) is 3.13. The minimum absolute atomic E-state index is 0.0373. The molecule has 2 aromatic rings. The Balaban J connectivity index is 1.65. The topological polar surface area (TPSA) is 61.4 Å². The first-order valence-electron chi connectivity index (χ1n) is 9.67. The standard InChI is InChI=1S/C22H26FN3O2/c1-3-26(15(2)16-8-10-17(23)11-9-16)14-21(27)25-20-7-5-4-6-19(20)22(28)24-18-12-13-18/h4-11,15,18H,3,12-14H2,1-2H3,(H,24,28)(H,25,27). The molecule has 5 nitrogen and oxygen atoms in total. The predicted molar refractivity (Wildman–Crippen MR) is 108 cm³/mol. The number of hydrogen-bond donors (Lipinski definition) is 2. The number of halogens is 1. The molecule has 0 saturated heterocycles. The van der Waals surface area contributed by atoms with Crippen LogP contribution in [0.3, 0.4) is 0 Å². The molecule has 1 saturated carbocycles. The Labute approximate surface area is 164 Å². The first-order valence-corrected chi connectivity index (χ1v) is 9.67. The van der Waals surface area contributed by atoms with Gasteiger partial charge in [0.25, 0.3) is 5.91 Å². The molecular formula is C22H26FN3O2. The number of carbonyl (C=O) groups is 2. The van der Waals surface area contributed by atoms with Crippen LogP contribution in [0.15, 0.2) is 48.5 Å². The zero-order valence-corrected chi connectivity index (χ0v) is 16.2. The maximum absolute atomic E-state index is 13.2. The van der Waals surface area contributed by atoms with Crippen molar-refractivity contribution >= 4 is 17.5 Å². The molecule has 0 aliphatic heterocycles. The lowest BCUT2D eigenvalue weighted by molar-refractivity contribution is -0.117. The van der Waals surface area contributed by atoms with E-state index in [1.807, 2.05) is 18.7 Å². The molecule has 1 fully saturated rings. The van der Waals surface area contributed by atoms with Crippen LogP contribution in [0.5, 0.6) is 0 Å². The second-order valence-electron chi connectivity index (χ2n) is 7.13. The third kappa shape index (κ3) is 5.16. The predicted octanol–water partition coefficient (Wildman–Crippen LogP) is 3.74. The summed E-state index contributed by atoms with van der Waals surface area (Å²) in [5.41, 5.74) is 1.92. The first-order chi connectivity index (χ1) is 13.5. The highest BCUT2D eigenvalue weighted by Gasteiger charge is 2.25. The molecule has 2 N–H and O–H groups in total. The third-order valence-corrected chi connectivity index (χ3v) is 5.01. The number of hydrogen-bond acceptors (Lipinski definition) is 3. The lowest BCUT2D eigenvalue weighted by Gasteiger charge is -2.27. The van der Waals surface area contributed by atoms with E-state index in [2.05, 4.69) is 10.6 Å². The number of likely N-dealkylation sites (N-methyl/N-ethyl adjacent to an activating group) is 1. The van der Waals surface area contributed by atoms with Crippen molar-refractivity contribution in [2.45, 2.75) is 38.8 Å². The fourth-order valence-electron chi connectivity index (χ4n) is 3.13. The number of nitrogens with one attached hydrogen (secondary N) is 2. The van der Waals surface area contributed by atoms with E-state index in [0.717, 1.165) is 18.4 Å². The molecule has 3 rings (SSSR count). The van der Waals surface area contributed by atoms with Gasteiger partial charge in [-0.2, -0.15) is 0 Å². The van der Waals surface area contributed by atoms with Crippen LogP contribution in [0, 0.1) is 5.82 Å². The fraction of sp³-hybridized carbons (Fsp3) is 0.364. The van der Waals surface area contributed by atoms with Crippen LogP contribution >= 0.6 is 0 Å². The molecular weight excluding hydrogens is 357 g/mol. The summed E-state index contributed by atoms with van der Waals surface area (Å²) < 4.78 is 13.2. The van der Waals surface area contributed by atoms with E-state index in [9.17, 15) is 14.0 Å². The van der Waals surface area contributed by atoms with Crippen LogP contribution in [0.4, 0.5) is 10.1 Å². The second-order valence-corrected chi connectivity index (χ2v) is 7.13. The van der Waals surface area contributed by atoms with Crippen molar-refractivity contribution < 1.29 is 14.0 Å². The van der Waals surface area contributed by atoms with Gasteiger partial charge < -0.3 is 10.6 Å². The van der Waals surface area contributed by atoms with Crippen molar-refractivity contribution in [2.75, 3.05) is 18.4 Å². The van der Waals surface area contributed by atoms with Gasteiger partial charge in [0.15, 0.2) is 0 Å². The summed E-state index contributed by atoms with van der Waals surface area (Å²) in [6.45, 7) is 4.80. The van der Waals surface area contributed by atoms with Crippen LogP contribution in [0.25, 0.3) is 0 Å². The van der Waals surface area contributed by atoms with Crippen molar-refractivity contribution in [2.24, 2.45) is 0 Å². The maximum atomic E-state index is 13.2. The van der Waals surface area contributed by atoms with Crippen molar-refractivity contribution in [1.82, 2.24) is 10.2 Å². The average Bonchev–Trinajstić information content (AvgIpc) is 3.50. The Bertz CT molecular complexity index is 834. The quantitative estimate of drug-likeness (QED) is 0.730. The second kappa shape index (κ2) is 8.97. The largest absolute Gasteiger partial charge is 0.349 e. The van der Waals surface area contributed by atoms with Crippen LogP contribution in [0.1, 0.15) is 48.7 Å². The molecule has 0 radical (unpaired) electrons. The van der Waals surface area contributed by atoms with Crippen molar-refractivity contribution in [1.29, 1.82) is 0 Å². The van der Waals surface area contributed by atoms with Crippen LogP contribution in [-0.4, -0.2) is 35.8 Å². The smallest absolute Gasteiger partial charge is 0.253 e. The summed E-state index contributed by atoms with van der Waals surface area (Å²) in [7, 11) is 0. The molecule has 6 heteroatoms. The van der Waals surface area contributed by atoms with Gasteiger partial charge in [-0.1, -0.05) is 31.2 Å². The van der Waals surface area contributed by atoms with E-state index in [-0.39, 0.29) is 36.3 Å². The Morgan fingerprint density at radius 3 is 2.46 bits per heavy atom. The van der Waals surface area contributed by atoms with Gasteiger partial charge in [-0.05, 0) is 56.1 Å². The monoisotopic (exact) mass is 383 g/mol. The van der Waals surface area contributed by atoms with Gasteiger partial charge >= 0.3 is 0 Å². The van der Waals surface area contributed by atoms with Gasteiger partial charge in [-0.3, -0.25) is 14.5 Å². The molecule has 28 heavy (non-hydrogen) atoms. The number of carbonyl (C=O) groups excluding carboxylic acids is 2. The Hall–Kier alpha value is -2.73. The van der Waals surface area contributed by atoms with Crippen LogP contribution < -0.4 is 10.6 Å². The van der Waals surface area contributed by atoms with E-state index < -0.39 is 0 Å². The van der Waals surface area contributed by atoms with E-state index in [0.29, 0.717) is 17.8 Å².